The Morgan fingerprint density at radius 1 is 1.05 bits per heavy atom. The maximum atomic E-state index is 5.76. The van der Waals surface area contributed by atoms with Gasteiger partial charge in [-0.25, -0.2) is 0 Å². The number of rotatable bonds is 5. The molecule has 104 valence electrons. The van der Waals surface area contributed by atoms with E-state index in [9.17, 15) is 0 Å². The Hall–Kier alpha value is -1.67. The Labute approximate surface area is 124 Å². The van der Waals surface area contributed by atoms with Gasteiger partial charge in [-0.3, -0.25) is 0 Å². The Bertz CT molecular complexity index is 578. The van der Waals surface area contributed by atoms with E-state index in [1.54, 1.807) is 0 Å². The number of alkyl halides is 1. The maximum absolute atomic E-state index is 5.76. The van der Waals surface area contributed by atoms with Crippen molar-refractivity contribution in [2.45, 2.75) is 18.7 Å². The minimum Gasteiger partial charge on any atom is -0.493 e. The van der Waals surface area contributed by atoms with E-state index in [1.807, 2.05) is 24.3 Å². The third-order valence-corrected chi connectivity index (χ3v) is 3.80. The van der Waals surface area contributed by atoms with Crippen molar-refractivity contribution in [3.63, 3.8) is 0 Å². The van der Waals surface area contributed by atoms with Crippen LogP contribution in [0.4, 0.5) is 0 Å². The molecule has 2 aromatic carbocycles. The van der Waals surface area contributed by atoms with E-state index < -0.39 is 0 Å². The minimum atomic E-state index is 0.539. The first-order chi connectivity index (χ1) is 9.85. The van der Waals surface area contributed by atoms with Crippen molar-refractivity contribution in [3.05, 3.63) is 59.2 Å². The van der Waals surface area contributed by atoms with E-state index >= 15 is 0 Å². The van der Waals surface area contributed by atoms with E-state index in [2.05, 4.69) is 18.2 Å². The molecule has 1 aliphatic heterocycles. The zero-order valence-corrected chi connectivity index (χ0v) is 12.0. The fourth-order valence-electron chi connectivity index (χ4n) is 2.36. The average molecular weight is 289 g/mol. The lowest BCUT2D eigenvalue weighted by Gasteiger charge is -2.08. The fraction of sp³-hybridized carbons (Fsp3) is 0.294. The van der Waals surface area contributed by atoms with Gasteiger partial charge in [0.15, 0.2) is 0 Å². The van der Waals surface area contributed by atoms with Gasteiger partial charge >= 0.3 is 0 Å². The van der Waals surface area contributed by atoms with E-state index in [0.717, 1.165) is 36.5 Å². The number of hydrogen-bond acceptors (Lipinski definition) is 2. The smallest absolute Gasteiger partial charge is 0.122 e. The SMILES string of the molecule is ClCc1ccc(OCCc2ccc3c(c2)CCO3)cc1. The summed E-state index contributed by atoms with van der Waals surface area (Å²) in [5, 5.41) is 0. The molecule has 2 nitrogen and oxygen atoms in total. The molecule has 2 aromatic rings. The first-order valence-electron chi connectivity index (χ1n) is 6.87. The third kappa shape index (κ3) is 3.07. The highest BCUT2D eigenvalue weighted by Crippen LogP contribution is 2.26. The molecule has 0 saturated heterocycles. The normalized spacial score (nSPS) is 12.8. The van der Waals surface area contributed by atoms with Gasteiger partial charge < -0.3 is 9.47 Å². The molecule has 0 atom stereocenters. The van der Waals surface area contributed by atoms with Crippen LogP contribution >= 0.6 is 11.6 Å². The van der Waals surface area contributed by atoms with Gasteiger partial charge in [-0.1, -0.05) is 24.3 Å². The summed E-state index contributed by atoms with van der Waals surface area (Å²) in [6, 6.07) is 14.3. The monoisotopic (exact) mass is 288 g/mol. The van der Waals surface area contributed by atoms with Crippen molar-refractivity contribution < 1.29 is 9.47 Å². The number of ether oxygens (including phenoxy) is 2. The minimum absolute atomic E-state index is 0.539. The quantitative estimate of drug-likeness (QED) is 0.775. The highest BCUT2D eigenvalue weighted by Gasteiger charge is 2.11. The summed E-state index contributed by atoms with van der Waals surface area (Å²) >= 11 is 5.76. The summed E-state index contributed by atoms with van der Waals surface area (Å²) in [6.07, 6.45) is 1.93. The predicted molar refractivity (Wildman–Crippen MR) is 80.8 cm³/mol. The van der Waals surface area contributed by atoms with Crippen LogP contribution in [0.2, 0.25) is 0 Å². The van der Waals surface area contributed by atoms with E-state index in [4.69, 9.17) is 21.1 Å². The van der Waals surface area contributed by atoms with Crippen LogP contribution in [-0.4, -0.2) is 13.2 Å². The van der Waals surface area contributed by atoms with E-state index in [1.165, 1.54) is 11.1 Å². The Morgan fingerprint density at radius 3 is 2.65 bits per heavy atom. The molecule has 1 heterocycles. The standard InChI is InChI=1S/C17H17ClO2/c18-12-14-1-4-16(5-2-14)19-9-7-13-3-6-17-15(11-13)8-10-20-17/h1-6,11H,7-10,12H2. The Kier molecular flexibility index (Phi) is 4.12. The largest absolute Gasteiger partial charge is 0.493 e. The Morgan fingerprint density at radius 2 is 1.85 bits per heavy atom. The molecular formula is C17H17ClO2. The van der Waals surface area contributed by atoms with Crippen LogP contribution in [0.1, 0.15) is 16.7 Å². The van der Waals surface area contributed by atoms with Gasteiger partial charge in [-0.15, -0.1) is 11.6 Å². The molecular weight excluding hydrogens is 272 g/mol. The molecule has 1 aliphatic rings. The maximum Gasteiger partial charge on any atom is 0.122 e. The molecule has 0 saturated carbocycles. The second-order valence-electron chi connectivity index (χ2n) is 4.92. The van der Waals surface area contributed by atoms with Crippen molar-refractivity contribution in [1.29, 1.82) is 0 Å². The molecule has 0 N–H and O–H groups in total. The van der Waals surface area contributed by atoms with Crippen LogP contribution in [0.15, 0.2) is 42.5 Å². The average Bonchev–Trinajstić information content (AvgIpc) is 2.95. The van der Waals surface area contributed by atoms with Crippen LogP contribution in [0.3, 0.4) is 0 Å². The number of benzene rings is 2. The van der Waals surface area contributed by atoms with Gasteiger partial charge in [-0.2, -0.15) is 0 Å². The molecule has 0 bridgehead atoms. The van der Waals surface area contributed by atoms with Gasteiger partial charge in [0.25, 0.3) is 0 Å². The predicted octanol–water partition coefficient (Wildman–Crippen LogP) is 3.98. The van der Waals surface area contributed by atoms with Crippen LogP contribution < -0.4 is 9.47 Å². The number of halogens is 1. The van der Waals surface area contributed by atoms with Gasteiger partial charge in [0.2, 0.25) is 0 Å². The summed E-state index contributed by atoms with van der Waals surface area (Å²) in [4.78, 5) is 0. The summed E-state index contributed by atoms with van der Waals surface area (Å²) in [6.45, 7) is 1.49. The molecule has 0 aromatic heterocycles. The van der Waals surface area contributed by atoms with Gasteiger partial charge in [0, 0.05) is 18.7 Å². The highest BCUT2D eigenvalue weighted by molar-refractivity contribution is 6.17. The first kappa shape index (κ1) is 13.3. The Balaban J connectivity index is 1.54. The molecule has 0 spiro atoms. The van der Waals surface area contributed by atoms with Crippen molar-refractivity contribution in [2.75, 3.05) is 13.2 Å². The van der Waals surface area contributed by atoms with Crippen molar-refractivity contribution in [1.82, 2.24) is 0 Å². The zero-order chi connectivity index (χ0) is 13.8. The van der Waals surface area contributed by atoms with Gasteiger partial charge in [0.1, 0.15) is 11.5 Å². The molecule has 20 heavy (non-hydrogen) atoms. The summed E-state index contributed by atoms with van der Waals surface area (Å²) in [7, 11) is 0. The molecule has 0 aliphatic carbocycles. The van der Waals surface area contributed by atoms with E-state index in [0.29, 0.717) is 12.5 Å². The lowest BCUT2D eigenvalue weighted by Crippen LogP contribution is -2.01. The van der Waals surface area contributed by atoms with Crippen LogP contribution in [0.5, 0.6) is 11.5 Å². The van der Waals surface area contributed by atoms with Crippen LogP contribution in [0, 0.1) is 0 Å². The summed E-state index contributed by atoms with van der Waals surface area (Å²) in [5.74, 6) is 2.46. The molecule has 3 rings (SSSR count). The second kappa shape index (κ2) is 6.19. The van der Waals surface area contributed by atoms with Gasteiger partial charge in [0.05, 0.1) is 13.2 Å². The molecule has 0 unspecified atom stereocenters. The summed E-state index contributed by atoms with van der Waals surface area (Å²) in [5.41, 5.74) is 3.72. The van der Waals surface area contributed by atoms with Crippen molar-refractivity contribution >= 4 is 11.6 Å². The van der Waals surface area contributed by atoms with Crippen LogP contribution in [0.25, 0.3) is 0 Å². The van der Waals surface area contributed by atoms with Crippen LogP contribution in [-0.2, 0) is 18.7 Å². The van der Waals surface area contributed by atoms with Gasteiger partial charge in [-0.05, 0) is 34.9 Å². The topological polar surface area (TPSA) is 18.5 Å². The van der Waals surface area contributed by atoms with E-state index in [-0.39, 0.29) is 0 Å². The first-order valence-corrected chi connectivity index (χ1v) is 7.41. The number of fused-ring (bicyclic) bond motifs is 1. The second-order valence-corrected chi connectivity index (χ2v) is 5.18. The molecule has 0 amide bonds. The fourth-order valence-corrected chi connectivity index (χ4v) is 2.54. The lowest BCUT2D eigenvalue weighted by atomic mass is 10.1. The number of hydrogen-bond donors (Lipinski definition) is 0. The van der Waals surface area contributed by atoms with Crippen molar-refractivity contribution in [3.8, 4) is 11.5 Å². The molecule has 0 radical (unpaired) electrons. The highest BCUT2D eigenvalue weighted by atomic mass is 35.5. The van der Waals surface area contributed by atoms with Crippen molar-refractivity contribution in [2.24, 2.45) is 0 Å². The zero-order valence-electron chi connectivity index (χ0n) is 11.3. The third-order valence-electron chi connectivity index (χ3n) is 3.49. The molecule has 3 heteroatoms. The lowest BCUT2D eigenvalue weighted by molar-refractivity contribution is 0.322. The molecule has 0 fully saturated rings. The summed E-state index contributed by atoms with van der Waals surface area (Å²) < 4.78 is 11.3.